The fraction of sp³-hybridized carbons (Fsp3) is 0.375. The molecule has 0 unspecified atom stereocenters. The molecule has 0 spiro atoms. The zero-order chi connectivity index (χ0) is 11.5. The molecule has 1 heterocycles. The molecule has 16 heavy (non-hydrogen) atoms. The Bertz CT molecular complexity index is 451. The first kappa shape index (κ1) is 15.6. The van der Waals surface area contributed by atoms with Crippen LogP contribution in [0.3, 0.4) is 0 Å². The lowest BCUT2D eigenvalue weighted by atomic mass is 10.3. The molecular formula is C8H13Cl2N3O2S. The van der Waals surface area contributed by atoms with Crippen LogP contribution in [0.1, 0.15) is 5.56 Å². The van der Waals surface area contributed by atoms with Crippen molar-refractivity contribution in [2.24, 2.45) is 5.73 Å². The van der Waals surface area contributed by atoms with Gasteiger partial charge < -0.3 is 5.73 Å². The minimum Gasteiger partial charge on any atom is -0.329 e. The lowest BCUT2D eigenvalue weighted by Crippen LogP contribution is -2.29. The van der Waals surface area contributed by atoms with Gasteiger partial charge in [-0.2, -0.15) is 0 Å². The molecule has 0 fully saturated rings. The third kappa shape index (κ3) is 3.88. The number of aryl methyl sites for hydroxylation is 1. The van der Waals surface area contributed by atoms with Crippen molar-refractivity contribution >= 4 is 34.0 Å². The van der Waals surface area contributed by atoms with E-state index in [9.17, 15) is 8.42 Å². The van der Waals surface area contributed by atoms with E-state index in [0.29, 0.717) is 10.7 Å². The number of sulfonamides is 1. The Kier molecular flexibility index (Phi) is 6.20. The van der Waals surface area contributed by atoms with Crippen LogP contribution in [0, 0.1) is 6.92 Å². The van der Waals surface area contributed by atoms with E-state index in [1.165, 1.54) is 12.3 Å². The summed E-state index contributed by atoms with van der Waals surface area (Å²) in [6, 6.07) is 1.47. The van der Waals surface area contributed by atoms with Gasteiger partial charge in [0.05, 0.1) is 0 Å². The van der Waals surface area contributed by atoms with E-state index in [1.54, 1.807) is 6.92 Å². The van der Waals surface area contributed by atoms with Crippen LogP contribution in [0.15, 0.2) is 17.2 Å². The quantitative estimate of drug-likeness (QED) is 0.798. The van der Waals surface area contributed by atoms with Gasteiger partial charge in [0.25, 0.3) is 0 Å². The third-order valence-electron chi connectivity index (χ3n) is 1.74. The van der Waals surface area contributed by atoms with E-state index in [-0.39, 0.29) is 30.4 Å². The number of pyridine rings is 1. The summed E-state index contributed by atoms with van der Waals surface area (Å²) in [5.41, 5.74) is 5.82. The maximum absolute atomic E-state index is 11.6. The minimum absolute atomic E-state index is 0. The molecule has 0 aliphatic carbocycles. The zero-order valence-electron chi connectivity index (χ0n) is 8.60. The highest BCUT2D eigenvalue weighted by molar-refractivity contribution is 7.89. The Balaban J connectivity index is 0.00000225. The van der Waals surface area contributed by atoms with Gasteiger partial charge in [0.15, 0.2) is 0 Å². The van der Waals surface area contributed by atoms with Gasteiger partial charge in [-0.25, -0.2) is 18.1 Å². The molecule has 3 N–H and O–H groups in total. The number of hydrogen-bond donors (Lipinski definition) is 2. The molecule has 0 aliphatic rings. The molecule has 0 aliphatic heterocycles. The van der Waals surface area contributed by atoms with Gasteiger partial charge in [-0.05, 0) is 18.6 Å². The number of hydrogen-bond acceptors (Lipinski definition) is 4. The topological polar surface area (TPSA) is 85.1 Å². The average Bonchev–Trinajstić information content (AvgIpc) is 2.19. The lowest BCUT2D eigenvalue weighted by Gasteiger charge is -2.06. The van der Waals surface area contributed by atoms with Crippen LogP contribution in [0.2, 0.25) is 5.15 Å². The summed E-state index contributed by atoms with van der Waals surface area (Å²) in [5, 5.41) is 0.299. The van der Waals surface area contributed by atoms with E-state index < -0.39 is 10.0 Å². The van der Waals surface area contributed by atoms with Gasteiger partial charge in [0.2, 0.25) is 10.0 Å². The molecule has 0 radical (unpaired) electrons. The van der Waals surface area contributed by atoms with Crippen molar-refractivity contribution < 1.29 is 8.42 Å². The fourth-order valence-electron chi connectivity index (χ4n) is 0.956. The van der Waals surface area contributed by atoms with E-state index >= 15 is 0 Å². The van der Waals surface area contributed by atoms with E-state index in [2.05, 4.69) is 9.71 Å². The Morgan fingerprint density at radius 1 is 1.56 bits per heavy atom. The first-order valence-electron chi connectivity index (χ1n) is 4.29. The van der Waals surface area contributed by atoms with Gasteiger partial charge >= 0.3 is 0 Å². The van der Waals surface area contributed by atoms with Gasteiger partial charge in [0, 0.05) is 19.3 Å². The molecule has 0 atom stereocenters. The molecule has 0 saturated carbocycles. The monoisotopic (exact) mass is 285 g/mol. The van der Waals surface area contributed by atoms with Crippen LogP contribution in [0.4, 0.5) is 0 Å². The summed E-state index contributed by atoms with van der Waals surface area (Å²) in [5.74, 6) is 0. The predicted molar refractivity (Wildman–Crippen MR) is 65.5 cm³/mol. The van der Waals surface area contributed by atoms with Crippen molar-refractivity contribution in [3.05, 3.63) is 23.0 Å². The van der Waals surface area contributed by atoms with Crippen LogP contribution in [-0.4, -0.2) is 26.5 Å². The number of halogens is 2. The second-order valence-corrected chi connectivity index (χ2v) is 5.09. The van der Waals surface area contributed by atoms with E-state index in [1.807, 2.05) is 0 Å². The standard InChI is InChI=1S/C8H12ClN3O2S.ClH/c1-6-4-7(5-11-8(6)9)15(13,14)12-3-2-10;/h4-5,12H,2-3,10H2,1H3;1H. The van der Waals surface area contributed by atoms with Gasteiger partial charge in [-0.3, -0.25) is 0 Å². The first-order valence-corrected chi connectivity index (χ1v) is 6.15. The number of aromatic nitrogens is 1. The van der Waals surface area contributed by atoms with Crippen molar-refractivity contribution in [2.75, 3.05) is 13.1 Å². The average molecular weight is 286 g/mol. The summed E-state index contributed by atoms with van der Waals surface area (Å²) in [6.45, 7) is 2.14. The van der Waals surface area contributed by atoms with Gasteiger partial charge in [-0.15, -0.1) is 12.4 Å². The van der Waals surface area contributed by atoms with Crippen LogP contribution < -0.4 is 10.5 Å². The summed E-state index contributed by atoms with van der Waals surface area (Å²) in [6.07, 6.45) is 1.22. The second-order valence-electron chi connectivity index (χ2n) is 2.97. The Morgan fingerprint density at radius 3 is 2.69 bits per heavy atom. The van der Waals surface area contributed by atoms with Crippen LogP contribution >= 0.6 is 24.0 Å². The van der Waals surface area contributed by atoms with Crippen molar-refractivity contribution in [2.45, 2.75) is 11.8 Å². The number of nitrogens with zero attached hydrogens (tertiary/aromatic N) is 1. The normalized spacial score (nSPS) is 10.9. The molecule has 1 aromatic heterocycles. The fourth-order valence-corrected chi connectivity index (χ4v) is 2.14. The van der Waals surface area contributed by atoms with Crippen LogP contribution in [0.25, 0.3) is 0 Å². The SMILES string of the molecule is Cc1cc(S(=O)(=O)NCCN)cnc1Cl.Cl. The van der Waals surface area contributed by atoms with Crippen molar-refractivity contribution in [3.8, 4) is 0 Å². The number of nitrogens with one attached hydrogen (secondary N) is 1. The zero-order valence-corrected chi connectivity index (χ0v) is 11.0. The molecule has 5 nitrogen and oxygen atoms in total. The molecule has 0 amide bonds. The molecule has 92 valence electrons. The predicted octanol–water partition coefficient (Wildman–Crippen LogP) is 0.702. The van der Waals surface area contributed by atoms with Crippen molar-refractivity contribution in [1.29, 1.82) is 0 Å². The highest BCUT2D eigenvalue weighted by Crippen LogP contribution is 2.15. The molecule has 0 saturated heterocycles. The van der Waals surface area contributed by atoms with Crippen LogP contribution in [0.5, 0.6) is 0 Å². The largest absolute Gasteiger partial charge is 0.329 e. The smallest absolute Gasteiger partial charge is 0.242 e. The van der Waals surface area contributed by atoms with E-state index in [0.717, 1.165) is 0 Å². The van der Waals surface area contributed by atoms with Gasteiger partial charge in [-0.1, -0.05) is 11.6 Å². The Labute approximate surface area is 106 Å². The maximum Gasteiger partial charge on any atom is 0.242 e. The van der Waals surface area contributed by atoms with Crippen molar-refractivity contribution in [3.63, 3.8) is 0 Å². The molecule has 0 aromatic carbocycles. The van der Waals surface area contributed by atoms with Crippen molar-refractivity contribution in [1.82, 2.24) is 9.71 Å². The Hall–Kier alpha value is -0.400. The molecule has 0 bridgehead atoms. The van der Waals surface area contributed by atoms with Crippen LogP contribution in [-0.2, 0) is 10.0 Å². The first-order chi connectivity index (χ1) is 6.97. The molecular weight excluding hydrogens is 273 g/mol. The maximum atomic E-state index is 11.6. The number of rotatable bonds is 4. The number of nitrogens with two attached hydrogens (primary N) is 1. The summed E-state index contributed by atoms with van der Waals surface area (Å²) < 4.78 is 25.5. The second kappa shape index (κ2) is 6.36. The summed E-state index contributed by atoms with van der Waals surface area (Å²) in [4.78, 5) is 3.86. The highest BCUT2D eigenvalue weighted by atomic mass is 35.5. The summed E-state index contributed by atoms with van der Waals surface area (Å²) >= 11 is 5.69. The lowest BCUT2D eigenvalue weighted by molar-refractivity contribution is 0.581. The molecule has 1 rings (SSSR count). The molecule has 8 heteroatoms. The van der Waals surface area contributed by atoms with E-state index in [4.69, 9.17) is 17.3 Å². The molecule has 1 aromatic rings. The highest BCUT2D eigenvalue weighted by Gasteiger charge is 2.14. The third-order valence-corrected chi connectivity index (χ3v) is 3.56. The van der Waals surface area contributed by atoms with Gasteiger partial charge in [0.1, 0.15) is 10.0 Å². The Morgan fingerprint density at radius 2 is 2.19 bits per heavy atom. The summed E-state index contributed by atoms with van der Waals surface area (Å²) in [7, 11) is -3.51. The minimum atomic E-state index is -3.51.